The van der Waals surface area contributed by atoms with E-state index < -0.39 is 21.8 Å². The first-order chi connectivity index (χ1) is 8.32. The van der Waals surface area contributed by atoms with E-state index in [2.05, 4.69) is 0 Å². The molecule has 0 spiro atoms. The van der Waals surface area contributed by atoms with Crippen LogP contribution in [0.1, 0.15) is 12.0 Å². The Bertz CT molecular complexity index is 518. The van der Waals surface area contributed by atoms with Crippen molar-refractivity contribution in [2.24, 2.45) is 0 Å². The van der Waals surface area contributed by atoms with Gasteiger partial charge in [0, 0.05) is 6.54 Å². The average Bonchev–Trinajstić information content (AvgIpc) is 2.82. The van der Waals surface area contributed by atoms with E-state index in [-0.39, 0.29) is 11.4 Å². The van der Waals surface area contributed by atoms with Crippen LogP contribution in [-0.2, 0) is 21.0 Å². The fourth-order valence-corrected chi connectivity index (χ4v) is 2.85. The number of hydroxylamine groups is 1. The predicted molar refractivity (Wildman–Crippen MR) is 55.9 cm³/mol. The minimum Gasteiger partial charge on any atom is -0.284 e. The van der Waals surface area contributed by atoms with Crippen LogP contribution in [0.2, 0.25) is 0 Å². The van der Waals surface area contributed by atoms with Crippen LogP contribution in [0.5, 0.6) is 0 Å². The van der Waals surface area contributed by atoms with Gasteiger partial charge in [-0.1, -0.05) is 4.47 Å². The molecule has 0 N–H and O–H groups in total. The Labute approximate surface area is 102 Å². The highest BCUT2D eigenvalue weighted by atomic mass is 32.2. The lowest BCUT2D eigenvalue weighted by Gasteiger charge is -2.14. The average molecular weight is 281 g/mol. The lowest BCUT2D eigenvalue weighted by Crippen LogP contribution is -2.26. The van der Waals surface area contributed by atoms with Crippen molar-refractivity contribution in [1.82, 2.24) is 4.47 Å². The number of hydrogen-bond acceptors (Lipinski definition) is 3. The zero-order chi connectivity index (χ0) is 13.4. The van der Waals surface area contributed by atoms with Gasteiger partial charge in [0.1, 0.15) is 0 Å². The fraction of sp³-hybridized carbons (Fsp3) is 0.400. The number of benzene rings is 1. The summed E-state index contributed by atoms with van der Waals surface area (Å²) >= 11 is 0. The summed E-state index contributed by atoms with van der Waals surface area (Å²) in [6.07, 6.45) is -3.91. The van der Waals surface area contributed by atoms with Gasteiger partial charge < -0.3 is 0 Å². The highest BCUT2D eigenvalue weighted by Crippen LogP contribution is 2.30. The third-order valence-electron chi connectivity index (χ3n) is 2.47. The van der Waals surface area contributed by atoms with Crippen LogP contribution in [0.15, 0.2) is 29.2 Å². The molecule has 1 aliphatic heterocycles. The van der Waals surface area contributed by atoms with Gasteiger partial charge >= 0.3 is 6.18 Å². The number of rotatable bonds is 2. The molecule has 1 heterocycles. The number of sulfonamides is 1. The third-order valence-corrected chi connectivity index (χ3v) is 4.16. The minimum absolute atomic E-state index is 0.211. The molecule has 1 saturated heterocycles. The fourth-order valence-electron chi connectivity index (χ4n) is 1.55. The maximum atomic E-state index is 12.3. The van der Waals surface area contributed by atoms with Gasteiger partial charge in [0.05, 0.1) is 17.1 Å². The molecule has 0 saturated carbocycles. The lowest BCUT2D eigenvalue weighted by molar-refractivity contribution is -0.137. The Morgan fingerprint density at radius 1 is 1.17 bits per heavy atom. The molecule has 1 fully saturated rings. The topological polar surface area (TPSA) is 46.6 Å². The van der Waals surface area contributed by atoms with E-state index in [0.29, 0.717) is 13.0 Å². The predicted octanol–water partition coefficient (Wildman–Crippen LogP) is 2.03. The number of alkyl halides is 3. The van der Waals surface area contributed by atoms with E-state index in [1.165, 1.54) is 0 Å². The summed E-state index contributed by atoms with van der Waals surface area (Å²) < 4.78 is 61.6. The first-order valence-electron chi connectivity index (χ1n) is 5.15. The molecule has 0 unspecified atom stereocenters. The van der Waals surface area contributed by atoms with Crippen molar-refractivity contribution in [3.05, 3.63) is 29.8 Å². The summed E-state index contributed by atoms with van der Waals surface area (Å²) in [6.45, 7) is 0.503. The maximum Gasteiger partial charge on any atom is 0.416 e. The SMILES string of the molecule is O=S(=O)(c1ccc(C(F)(F)F)cc1)N1CCCO1. The van der Waals surface area contributed by atoms with Gasteiger partial charge in [0.15, 0.2) is 0 Å². The maximum absolute atomic E-state index is 12.3. The standard InChI is InChI=1S/C10H10F3NO3S/c11-10(12,13)8-2-4-9(5-3-8)18(15,16)14-6-1-7-17-14/h2-5H,1,6-7H2. The van der Waals surface area contributed by atoms with Gasteiger partial charge in [0.25, 0.3) is 10.0 Å². The van der Waals surface area contributed by atoms with Gasteiger partial charge in [-0.3, -0.25) is 4.84 Å². The summed E-state index contributed by atoms with van der Waals surface area (Å²) in [7, 11) is -3.86. The number of halogens is 3. The third kappa shape index (κ3) is 2.50. The zero-order valence-corrected chi connectivity index (χ0v) is 9.96. The highest BCUT2D eigenvalue weighted by molar-refractivity contribution is 7.89. The Morgan fingerprint density at radius 2 is 1.78 bits per heavy atom. The molecule has 0 atom stereocenters. The molecular formula is C10H10F3NO3S. The second-order valence-electron chi connectivity index (χ2n) is 3.74. The van der Waals surface area contributed by atoms with Crippen molar-refractivity contribution >= 4 is 10.0 Å². The lowest BCUT2D eigenvalue weighted by atomic mass is 10.2. The summed E-state index contributed by atoms with van der Waals surface area (Å²) in [4.78, 5) is 4.68. The molecule has 1 aliphatic rings. The number of hydrogen-bond donors (Lipinski definition) is 0. The smallest absolute Gasteiger partial charge is 0.284 e. The van der Waals surface area contributed by atoms with Crippen LogP contribution in [-0.4, -0.2) is 26.0 Å². The molecule has 18 heavy (non-hydrogen) atoms. The Balaban J connectivity index is 2.29. The molecular weight excluding hydrogens is 271 g/mol. The van der Waals surface area contributed by atoms with Gasteiger partial charge in [0.2, 0.25) is 0 Å². The molecule has 0 amide bonds. The van der Waals surface area contributed by atoms with Crippen molar-refractivity contribution in [2.75, 3.05) is 13.2 Å². The normalized spacial score (nSPS) is 18.2. The molecule has 100 valence electrons. The van der Waals surface area contributed by atoms with Crippen LogP contribution in [0.3, 0.4) is 0 Å². The molecule has 0 aliphatic carbocycles. The van der Waals surface area contributed by atoms with Crippen LogP contribution in [0, 0.1) is 0 Å². The molecule has 8 heteroatoms. The van der Waals surface area contributed by atoms with E-state index >= 15 is 0 Å². The van der Waals surface area contributed by atoms with Crippen molar-refractivity contribution < 1.29 is 26.4 Å². The Kier molecular flexibility index (Phi) is 3.35. The van der Waals surface area contributed by atoms with Crippen LogP contribution < -0.4 is 0 Å². The molecule has 0 bridgehead atoms. The van der Waals surface area contributed by atoms with Crippen molar-refractivity contribution in [1.29, 1.82) is 0 Å². The largest absolute Gasteiger partial charge is 0.416 e. The zero-order valence-electron chi connectivity index (χ0n) is 9.14. The molecule has 0 aromatic heterocycles. The summed E-state index contributed by atoms with van der Waals surface area (Å²) in [6, 6.07) is 3.34. The van der Waals surface area contributed by atoms with E-state index in [1.54, 1.807) is 0 Å². The molecule has 4 nitrogen and oxygen atoms in total. The molecule has 1 aromatic rings. The second-order valence-corrected chi connectivity index (χ2v) is 5.57. The first-order valence-corrected chi connectivity index (χ1v) is 6.59. The molecule has 0 radical (unpaired) electrons. The monoisotopic (exact) mass is 281 g/mol. The number of nitrogens with zero attached hydrogens (tertiary/aromatic N) is 1. The Morgan fingerprint density at radius 3 is 2.22 bits per heavy atom. The van der Waals surface area contributed by atoms with Crippen LogP contribution >= 0.6 is 0 Å². The van der Waals surface area contributed by atoms with E-state index in [9.17, 15) is 21.6 Å². The summed E-state index contributed by atoms with van der Waals surface area (Å²) in [5.41, 5.74) is -0.885. The Hall–Kier alpha value is -1.12. The van der Waals surface area contributed by atoms with Crippen molar-refractivity contribution in [3.8, 4) is 0 Å². The molecule has 1 aromatic carbocycles. The van der Waals surface area contributed by atoms with Crippen molar-refractivity contribution in [2.45, 2.75) is 17.5 Å². The first kappa shape index (κ1) is 13.3. The van der Waals surface area contributed by atoms with E-state index in [4.69, 9.17) is 4.84 Å². The summed E-state index contributed by atoms with van der Waals surface area (Å²) in [5.74, 6) is 0. The van der Waals surface area contributed by atoms with Crippen LogP contribution in [0.25, 0.3) is 0 Å². The van der Waals surface area contributed by atoms with E-state index in [1.807, 2.05) is 0 Å². The summed E-state index contributed by atoms with van der Waals surface area (Å²) in [5, 5.41) is 0. The van der Waals surface area contributed by atoms with Gasteiger partial charge in [-0.2, -0.15) is 13.2 Å². The van der Waals surface area contributed by atoms with E-state index in [0.717, 1.165) is 28.7 Å². The second kappa shape index (κ2) is 4.52. The van der Waals surface area contributed by atoms with Crippen LogP contribution in [0.4, 0.5) is 13.2 Å². The molecule has 2 rings (SSSR count). The highest BCUT2D eigenvalue weighted by Gasteiger charge is 2.32. The van der Waals surface area contributed by atoms with Gasteiger partial charge in [-0.25, -0.2) is 8.42 Å². The minimum atomic E-state index is -4.48. The van der Waals surface area contributed by atoms with Gasteiger partial charge in [-0.15, -0.1) is 0 Å². The van der Waals surface area contributed by atoms with Crippen molar-refractivity contribution in [3.63, 3.8) is 0 Å². The quantitative estimate of drug-likeness (QED) is 0.833. The van der Waals surface area contributed by atoms with Gasteiger partial charge in [-0.05, 0) is 30.7 Å².